The number of aromatic nitrogens is 2. The molecule has 0 aromatic carbocycles. The van der Waals surface area contributed by atoms with Gasteiger partial charge in [0.2, 0.25) is 0 Å². The second-order valence-electron chi connectivity index (χ2n) is 4.94. The maximum Gasteiger partial charge on any atom is 0.315 e. The van der Waals surface area contributed by atoms with E-state index in [-0.39, 0.29) is 12.5 Å². The Labute approximate surface area is 111 Å². The highest BCUT2D eigenvalue weighted by Crippen LogP contribution is 2.10. The van der Waals surface area contributed by atoms with Gasteiger partial charge in [-0.2, -0.15) is 0 Å². The van der Waals surface area contributed by atoms with E-state index < -0.39 is 11.5 Å². The summed E-state index contributed by atoms with van der Waals surface area (Å²) in [6, 6.07) is -0.304. The molecule has 1 heterocycles. The molecule has 0 saturated heterocycles. The number of nitrogens with one attached hydrogen (secondary N) is 3. The molecule has 2 amide bonds. The Balaban J connectivity index is 2.24. The lowest BCUT2D eigenvalue weighted by Gasteiger charge is -2.25. The molecule has 0 bridgehead atoms. The van der Waals surface area contributed by atoms with Crippen LogP contribution in [0.2, 0.25) is 0 Å². The van der Waals surface area contributed by atoms with Crippen LogP contribution in [-0.2, 0) is 11.2 Å². The zero-order valence-electron chi connectivity index (χ0n) is 11.2. The minimum Gasteiger partial charge on any atom is -0.481 e. The molecule has 19 heavy (non-hydrogen) atoms. The van der Waals surface area contributed by atoms with Crippen molar-refractivity contribution in [2.24, 2.45) is 0 Å². The summed E-state index contributed by atoms with van der Waals surface area (Å²) in [4.78, 5) is 29.1. The highest BCUT2D eigenvalue weighted by Gasteiger charge is 2.21. The number of carbonyl (C=O) groups is 2. The van der Waals surface area contributed by atoms with Gasteiger partial charge < -0.3 is 20.7 Å². The zero-order chi connectivity index (χ0) is 14.3. The fraction of sp³-hybridized carbons (Fsp3) is 0.583. The lowest BCUT2D eigenvalue weighted by atomic mass is 9.99. The molecule has 4 N–H and O–H groups in total. The van der Waals surface area contributed by atoms with Crippen LogP contribution in [0.1, 0.15) is 32.5 Å². The van der Waals surface area contributed by atoms with Crippen molar-refractivity contribution in [2.75, 3.05) is 6.54 Å². The summed E-state index contributed by atoms with van der Waals surface area (Å²) in [5.74, 6) is -0.0569. The van der Waals surface area contributed by atoms with Crippen molar-refractivity contribution in [3.8, 4) is 0 Å². The summed E-state index contributed by atoms with van der Waals surface area (Å²) in [7, 11) is 0. The van der Waals surface area contributed by atoms with Crippen LogP contribution in [-0.4, -0.2) is 39.2 Å². The molecule has 1 aromatic rings. The van der Waals surface area contributed by atoms with Crippen molar-refractivity contribution in [3.63, 3.8) is 0 Å². The molecule has 7 heteroatoms. The zero-order valence-corrected chi connectivity index (χ0v) is 11.2. The number of aliphatic carboxylic acids is 1. The van der Waals surface area contributed by atoms with E-state index in [4.69, 9.17) is 5.11 Å². The lowest BCUT2D eigenvalue weighted by molar-refractivity contribution is -0.137. The molecule has 0 atom stereocenters. The maximum atomic E-state index is 11.6. The predicted octanol–water partition coefficient (Wildman–Crippen LogP) is 0.895. The number of carboxylic acids is 1. The monoisotopic (exact) mass is 268 g/mol. The second-order valence-corrected chi connectivity index (χ2v) is 4.94. The highest BCUT2D eigenvalue weighted by molar-refractivity contribution is 5.74. The van der Waals surface area contributed by atoms with Crippen molar-refractivity contribution < 1.29 is 14.7 Å². The number of urea groups is 1. The van der Waals surface area contributed by atoms with E-state index in [1.807, 2.05) is 0 Å². The van der Waals surface area contributed by atoms with E-state index in [1.54, 1.807) is 26.2 Å². The van der Waals surface area contributed by atoms with Crippen LogP contribution < -0.4 is 10.6 Å². The molecule has 106 valence electrons. The molecular formula is C12H20N4O3. The summed E-state index contributed by atoms with van der Waals surface area (Å²) in [5.41, 5.74) is -0.548. The molecule has 0 radical (unpaired) electrons. The molecule has 0 saturated carbocycles. The third kappa shape index (κ3) is 6.44. The van der Waals surface area contributed by atoms with Gasteiger partial charge in [-0.3, -0.25) is 4.79 Å². The summed E-state index contributed by atoms with van der Waals surface area (Å²) in [6.07, 6.45) is 4.42. The van der Waals surface area contributed by atoms with Gasteiger partial charge in [0.1, 0.15) is 5.82 Å². The molecule has 7 nitrogen and oxygen atoms in total. The molecule has 0 aliphatic carbocycles. The van der Waals surface area contributed by atoms with E-state index in [1.165, 1.54) is 0 Å². The number of rotatable bonds is 7. The number of hydrogen-bond donors (Lipinski definition) is 4. The van der Waals surface area contributed by atoms with Gasteiger partial charge >= 0.3 is 12.0 Å². The molecule has 0 aliphatic rings. The summed E-state index contributed by atoms with van der Waals surface area (Å²) in [6.45, 7) is 4.05. The fourth-order valence-electron chi connectivity index (χ4n) is 1.56. The Morgan fingerprint density at radius 2 is 2.21 bits per heavy atom. The number of aromatic amines is 1. The number of imidazole rings is 1. The Morgan fingerprint density at radius 3 is 2.79 bits per heavy atom. The first-order chi connectivity index (χ1) is 8.89. The topological polar surface area (TPSA) is 107 Å². The Hall–Kier alpha value is -2.05. The van der Waals surface area contributed by atoms with Gasteiger partial charge in [-0.1, -0.05) is 0 Å². The van der Waals surface area contributed by atoms with Crippen LogP contribution in [0.15, 0.2) is 12.4 Å². The quantitative estimate of drug-likeness (QED) is 0.589. The number of amides is 2. The van der Waals surface area contributed by atoms with E-state index in [2.05, 4.69) is 20.6 Å². The van der Waals surface area contributed by atoms with Crippen LogP contribution >= 0.6 is 0 Å². The van der Waals surface area contributed by atoms with Crippen molar-refractivity contribution in [1.29, 1.82) is 0 Å². The van der Waals surface area contributed by atoms with Gasteiger partial charge in [-0.25, -0.2) is 9.78 Å². The van der Waals surface area contributed by atoms with Crippen LogP contribution in [0.3, 0.4) is 0 Å². The highest BCUT2D eigenvalue weighted by atomic mass is 16.4. The van der Waals surface area contributed by atoms with Gasteiger partial charge in [0, 0.05) is 37.3 Å². The van der Waals surface area contributed by atoms with Gasteiger partial charge in [0.05, 0.1) is 0 Å². The van der Waals surface area contributed by atoms with Crippen LogP contribution in [0.25, 0.3) is 0 Å². The third-order valence-corrected chi connectivity index (χ3v) is 2.62. The average Bonchev–Trinajstić information content (AvgIpc) is 2.79. The van der Waals surface area contributed by atoms with Crippen LogP contribution in [0, 0.1) is 0 Å². The molecular weight excluding hydrogens is 248 g/mol. The first-order valence-electron chi connectivity index (χ1n) is 6.15. The molecule has 0 unspecified atom stereocenters. The van der Waals surface area contributed by atoms with Gasteiger partial charge in [0.15, 0.2) is 0 Å². The molecule has 1 rings (SSSR count). The van der Waals surface area contributed by atoms with E-state index in [9.17, 15) is 9.59 Å². The molecule has 0 spiro atoms. The summed E-state index contributed by atoms with van der Waals surface area (Å²) < 4.78 is 0. The largest absolute Gasteiger partial charge is 0.481 e. The first kappa shape index (κ1) is 15.0. The smallest absolute Gasteiger partial charge is 0.315 e. The van der Waals surface area contributed by atoms with Gasteiger partial charge in [-0.05, 0) is 20.3 Å². The van der Waals surface area contributed by atoms with E-state index >= 15 is 0 Å². The fourth-order valence-corrected chi connectivity index (χ4v) is 1.56. The summed E-state index contributed by atoms with van der Waals surface area (Å²) >= 11 is 0. The van der Waals surface area contributed by atoms with E-state index in [0.29, 0.717) is 19.4 Å². The Bertz CT molecular complexity index is 415. The minimum atomic E-state index is -0.867. The lowest BCUT2D eigenvalue weighted by Crippen LogP contribution is -2.48. The van der Waals surface area contributed by atoms with Crippen molar-refractivity contribution in [3.05, 3.63) is 18.2 Å². The molecule has 0 fully saturated rings. The summed E-state index contributed by atoms with van der Waals surface area (Å²) in [5, 5.41) is 14.1. The number of carbonyl (C=O) groups excluding carboxylic acids is 1. The van der Waals surface area contributed by atoms with Crippen molar-refractivity contribution in [1.82, 2.24) is 20.6 Å². The Morgan fingerprint density at radius 1 is 1.47 bits per heavy atom. The van der Waals surface area contributed by atoms with Crippen LogP contribution in [0.4, 0.5) is 4.79 Å². The number of carboxylic acid groups (broad SMARTS) is 1. The number of hydrogen-bond acceptors (Lipinski definition) is 3. The predicted molar refractivity (Wildman–Crippen MR) is 69.8 cm³/mol. The maximum absolute atomic E-state index is 11.6. The number of H-pyrrole nitrogens is 1. The minimum absolute atomic E-state index is 0.0275. The average molecular weight is 268 g/mol. The van der Waals surface area contributed by atoms with Crippen molar-refractivity contribution in [2.45, 2.75) is 38.6 Å². The van der Waals surface area contributed by atoms with Crippen LogP contribution in [0.5, 0.6) is 0 Å². The first-order valence-corrected chi connectivity index (χ1v) is 6.15. The standard InChI is InChI=1S/C12H20N4O3/c1-12(2,5-3-10(17)18)16-11(19)15-6-4-9-13-7-8-14-9/h7-8H,3-6H2,1-2H3,(H,13,14)(H,17,18)(H2,15,16,19). The van der Waals surface area contributed by atoms with Gasteiger partial charge in [-0.15, -0.1) is 0 Å². The van der Waals surface area contributed by atoms with Crippen molar-refractivity contribution >= 4 is 12.0 Å². The second kappa shape index (κ2) is 6.77. The molecule has 1 aromatic heterocycles. The van der Waals surface area contributed by atoms with Gasteiger partial charge in [0.25, 0.3) is 0 Å². The number of nitrogens with zero attached hydrogens (tertiary/aromatic N) is 1. The Kier molecular flexibility index (Phi) is 5.35. The molecule has 0 aliphatic heterocycles. The normalized spacial score (nSPS) is 11.1. The SMILES string of the molecule is CC(C)(CCC(=O)O)NC(=O)NCCc1ncc[nH]1. The van der Waals surface area contributed by atoms with E-state index in [0.717, 1.165) is 5.82 Å². The third-order valence-electron chi connectivity index (χ3n) is 2.62.